The molecule has 0 aliphatic carbocycles. The van der Waals surface area contributed by atoms with Gasteiger partial charge >= 0.3 is 12.1 Å². The van der Waals surface area contributed by atoms with Crippen molar-refractivity contribution in [3.8, 4) is 10.4 Å². The molecular formula is C18H20FNO4S. The summed E-state index contributed by atoms with van der Waals surface area (Å²) in [5.74, 6) is -1.50. The second-order valence-corrected chi connectivity index (χ2v) is 7.66. The maximum Gasteiger partial charge on any atom is 0.408 e. The minimum atomic E-state index is -1.16. The van der Waals surface area contributed by atoms with Crippen molar-refractivity contribution in [2.24, 2.45) is 0 Å². The molecule has 0 radical (unpaired) electrons. The molecule has 1 amide bonds. The van der Waals surface area contributed by atoms with Crippen LogP contribution in [0.25, 0.3) is 10.4 Å². The van der Waals surface area contributed by atoms with E-state index >= 15 is 0 Å². The number of rotatable bonds is 5. The number of nitrogens with one attached hydrogen (secondary N) is 1. The average molecular weight is 365 g/mol. The van der Waals surface area contributed by atoms with Crippen molar-refractivity contribution in [1.29, 1.82) is 0 Å². The first kappa shape index (κ1) is 18.9. The van der Waals surface area contributed by atoms with Crippen LogP contribution in [0.5, 0.6) is 0 Å². The predicted octanol–water partition coefficient (Wildman–Crippen LogP) is 4.07. The Morgan fingerprint density at radius 1 is 1.24 bits per heavy atom. The molecule has 25 heavy (non-hydrogen) atoms. The van der Waals surface area contributed by atoms with Gasteiger partial charge < -0.3 is 15.2 Å². The van der Waals surface area contributed by atoms with Gasteiger partial charge in [-0.25, -0.2) is 14.0 Å². The summed E-state index contributed by atoms with van der Waals surface area (Å²) in [7, 11) is 0. The van der Waals surface area contributed by atoms with Crippen LogP contribution in [0.15, 0.2) is 36.4 Å². The average Bonchev–Trinajstić information content (AvgIpc) is 2.93. The first-order valence-corrected chi connectivity index (χ1v) is 8.53. The first-order valence-electron chi connectivity index (χ1n) is 7.71. The van der Waals surface area contributed by atoms with Gasteiger partial charge in [-0.05, 0) is 39.0 Å². The Bertz CT molecular complexity index is 766. The number of hydrogen-bond acceptors (Lipinski definition) is 4. The van der Waals surface area contributed by atoms with Crippen LogP contribution in [0.4, 0.5) is 9.18 Å². The van der Waals surface area contributed by atoms with Gasteiger partial charge in [0.15, 0.2) is 0 Å². The number of carbonyl (C=O) groups is 2. The summed E-state index contributed by atoms with van der Waals surface area (Å²) in [5, 5.41) is 11.7. The number of carbonyl (C=O) groups excluding carboxylic acids is 1. The van der Waals surface area contributed by atoms with Crippen LogP contribution < -0.4 is 5.32 Å². The second kappa shape index (κ2) is 7.65. The molecule has 0 saturated carbocycles. The lowest BCUT2D eigenvalue weighted by molar-refractivity contribution is -0.139. The van der Waals surface area contributed by atoms with E-state index in [0.29, 0.717) is 10.4 Å². The zero-order valence-electron chi connectivity index (χ0n) is 14.2. The van der Waals surface area contributed by atoms with Crippen molar-refractivity contribution >= 4 is 23.4 Å². The van der Waals surface area contributed by atoms with Crippen molar-refractivity contribution < 1.29 is 23.8 Å². The lowest BCUT2D eigenvalue weighted by Gasteiger charge is -2.21. The molecule has 1 aromatic heterocycles. The molecular weight excluding hydrogens is 345 g/mol. The van der Waals surface area contributed by atoms with Crippen molar-refractivity contribution in [3.63, 3.8) is 0 Å². The summed E-state index contributed by atoms with van der Waals surface area (Å²) in [6.07, 6.45) is -0.695. The third-order valence-electron chi connectivity index (χ3n) is 3.20. The van der Waals surface area contributed by atoms with Crippen molar-refractivity contribution in [1.82, 2.24) is 5.32 Å². The molecule has 0 fully saturated rings. The van der Waals surface area contributed by atoms with Crippen molar-refractivity contribution in [2.75, 3.05) is 0 Å². The largest absolute Gasteiger partial charge is 0.480 e. The molecule has 0 spiro atoms. The fourth-order valence-electron chi connectivity index (χ4n) is 2.14. The number of benzene rings is 1. The molecule has 7 heteroatoms. The highest BCUT2D eigenvalue weighted by molar-refractivity contribution is 7.15. The zero-order valence-corrected chi connectivity index (χ0v) is 15.0. The number of amides is 1. The van der Waals surface area contributed by atoms with E-state index in [1.807, 2.05) is 0 Å². The summed E-state index contributed by atoms with van der Waals surface area (Å²) in [6.45, 7) is 5.09. The maximum atomic E-state index is 13.8. The molecule has 0 aliphatic rings. The molecule has 5 nitrogen and oxygen atoms in total. The van der Waals surface area contributed by atoms with Crippen LogP contribution >= 0.6 is 11.3 Å². The van der Waals surface area contributed by atoms with E-state index in [0.717, 1.165) is 4.88 Å². The zero-order chi connectivity index (χ0) is 18.6. The van der Waals surface area contributed by atoms with Crippen LogP contribution in [0.2, 0.25) is 0 Å². The summed E-state index contributed by atoms with van der Waals surface area (Å²) in [6, 6.07) is 8.74. The molecule has 2 N–H and O–H groups in total. The molecule has 2 rings (SSSR count). The fraction of sp³-hybridized carbons (Fsp3) is 0.333. The highest BCUT2D eigenvalue weighted by Gasteiger charge is 2.25. The standard InChI is InChI=1S/C18H20FNO4S/c1-18(2,3)24-17(23)20-14(16(21)22)10-11-8-9-15(25-11)12-6-4-5-7-13(12)19/h4-9,14H,10H2,1-3H3,(H,20,23)(H,21,22). The van der Waals surface area contributed by atoms with Gasteiger partial charge in [-0.1, -0.05) is 18.2 Å². The van der Waals surface area contributed by atoms with Crippen LogP contribution in [-0.2, 0) is 16.0 Å². The lowest BCUT2D eigenvalue weighted by Crippen LogP contribution is -2.44. The van der Waals surface area contributed by atoms with E-state index in [9.17, 15) is 19.1 Å². The van der Waals surface area contributed by atoms with Crippen LogP contribution in [0.1, 0.15) is 25.6 Å². The third kappa shape index (κ3) is 5.56. The summed E-state index contributed by atoms with van der Waals surface area (Å²) < 4.78 is 18.9. The Kier molecular flexibility index (Phi) is 5.79. The number of alkyl carbamates (subject to hydrolysis) is 1. The van der Waals surface area contributed by atoms with Gasteiger partial charge in [0.2, 0.25) is 0 Å². The highest BCUT2D eigenvalue weighted by Crippen LogP contribution is 2.30. The van der Waals surface area contributed by atoms with Crippen LogP contribution in [0, 0.1) is 5.82 Å². The number of halogens is 1. The van der Waals surface area contributed by atoms with Crippen LogP contribution in [0.3, 0.4) is 0 Å². The molecule has 2 aromatic rings. The van der Waals surface area contributed by atoms with Gasteiger partial charge in [0.25, 0.3) is 0 Å². The van der Waals surface area contributed by atoms with Gasteiger partial charge in [-0.15, -0.1) is 11.3 Å². The Hall–Kier alpha value is -2.41. The minimum Gasteiger partial charge on any atom is -0.480 e. The van der Waals surface area contributed by atoms with E-state index in [-0.39, 0.29) is 12.2 Å². The maximum absolute atomic E-state index is 13.8. The monoisotopic (exact) mass is 365 g/mol. The Labute approximate surface area is 149 Å². The van der Waals surface area contributed by atoms with E-state index in [1.54, 1.807) is 51.1 Å². The number of ether oxygens (including phenoxy) is 1. The normalized spacial score (nSPS) is 12.5. The summed E-state index contributed by atoms with van der Waals surface area (Å²) in [5.41, 5.74) is -0.251. The SMILES string of the molecule is CC(C)(C)OC(=O)NC(Cc1ccc(-c2ccccc2F)s1)C(=O)O. The fourth-order valence-corrected chi connectivity index (χ4v) is 3.22. The molecule has 0 saturated heterocycles. The predicted molar refractivity (Wildman–Crippen MR) is 94.2 cm³/mol. The molecule has 0 aliphatic heterocycles. The molecule has 1 aromatic carbocycles. The summed E-state index contributed by atoms with van der Waals surface area (Å²) >= 11 is 1.29. The number of thiophene rings is 1. The smallest absolute Gasteiger partial charge is 0.408 e. The Balaban J connectivity index is 2.09. The van der Waals surface area contributed by atoms with E-state index < -0.39 is 23.7 Å². The minimum absolute atomic E-state index is 0.0910. The van der Waals surface area contributed by atoms with E-state index in [2.05, 4.69) is 5.32 Å². The highest BCUT2D eigenvalue weighted by atomic mass is 32.1. The molecule has 0 bridgehead atoms. The number of hydrogen-bond donors (Lipinski definition) is 2. The Morgan fingerprint density at radius 2 is 1.92 bits per heavy atom. The number of carboxylic acid groups (broad SMARTS) is 1. The molecule has 1 unspecified atom stereocenters. The summed E-state index contributed by atoms with van der Waals surface area (Å²) in [4.78, 5) is 24.6. The van der Waals surface area contributed by atoms with Gasteiger partial charge in [0.1, 0.15) is 17.5 Å². The number of aliphatic carboxylic acids is 1. The van der Waals surface area contributed by atoms with Gasteiger partial charge in [-0.2, -0.15) is 0 Å². The lowest BCUT2D eigenvalue weighted by atomic mass is 10.1. The van der Waals surface area contributed by atoms with E-state index in [4.69, 9.17) is 4.74 Å². The first-order chi connectivity index (χ1) is 11.7. The van der Waals surface area contributed by atoms with E-state index in [1.165, 1.54) is 17.4 Å². The van der Waals surface area contributed by atoms with Crippen LogP contribution in [-0.4, -0.2) is 28.8 Å². The number of carboxylic acids is 1. The van der Waals surface area contributed by atoms with Gasteiger partial charge in [-0.3, -0.25) is 0 Å². The van der Waals surface area contributed by atoms with Gasteiger partial charge in [0.05, 0.1) is 0 Å². The third-order valence-corrected chi connectivity index (χ3v) is 4.34. The van der Waals surface area contributed by atoms with Gasteiger partial charge in [0, 0.05) is 21.7 Å². The quantitative estimate of drug-likeness (QED) is 0.837. The van der Waals surface area contributed by atoms with Crippen molar-refractivity contribution in [3.05, 3.63) is 47.1 Å². The molecule has 1 atom stereocenters. The second-order valence-electron chi connectivity index (χ2n) is 6.49. The molecule has 1 heterocycles. The topological polar surface area (TPSA) is 75.6 Å². The molecule has 134 valence electrons. The van der Waals surface area contributed by atoms with Crippen molar-refractivity contribution in [2.45, 2.75) is 38.8 Å². The Morgan fingerprint density at radius 3 is 2.52 bits per heavy atom.